The average molecular weight is 305 g/mol. The molecule has 2 rings (SSSR count). The van der Waals surface area contributed by atoms with Crippen molar-refractivity contribution in [2.24, 2.45) is 5.92 Å². The number of aliphatic hydroxyl groups is 1. The number of aryl methyl sites for hydroxylation is 1. The molecule has 124 valence electrons. The third-order valence-electron chi connectivity index (χ3n) is 5.20. The predicted molar refractivity (Wildman–Crippen MR) is 91.1 cm³/mol. The molecule has 22 heavy (non-hydrogen) atoms. The molecule has 0 amide bonds. The van der Waals surface area contributed by atoms with Crippen molar-refractivity contribution in [1.29, 1.82) is 0 Å². The summed E-state index contributed by atoms with van der Waals surface area (Å²) in [5.74, 6) is 0.296. The zero-order valence-electron chi connectivity index (χ0n) is 14.3. The lowest BCUT2D eigenvalue weighted by atomic mass is 9.72. The molecule has 0 spiro atoms. The van der Waals surface area contributed by atoms with Crippen molar-refractivity contribution < 1.29 is 9.84 Å². The first-order valence-electron chi connectivity index (χ1n) is 8.58. The Labute approximate surface area is 135 Å². The number of unbranched alkanes of at least 4 members (excludes halogenated alkanes) is 1. The second-order valence-corrected chi connectivity index (χ2v) is 6.66. The Hall–Kier alpha value is -0.900. The topological polar surface area (TPSA) is 41.5 Å². The molecule has 0 bridgehead atoms. The average Bonchev–Trinajstić information content (AvgIpc) is 2.55. The van der Waals surface area contributed by atoms with Crippen molar-refractivity contribution in [2.45, 2.75) is 51.6 Å². The van der Waals surface area contributed by atoms with Crippen LogP contribution in [0.2, 0.25) is 0 Å². The molecular formula is C19H31NO2. The fraction of sp³-hybridized carbons (Fsp3) is 0.684. The van der Waals surface area contributed by atoms with Crippen LogP contribution in [-0.2, 0) is 10.3 Å². The number of nitrogens with one attached hydrogen (secondary N) is 1. The van der Waals surface area contributed by atoms with Crippen molar-refractivity contribution in [3.63, 3.8) is 0 Å². The monoisotopic (exact) mass is 305 g/mol. The Kier molecular flexibility index (Phi) is 6.42. The number of benzene rings is 1. The minimum absolute atomic E-state index is 0.296. The normalized spacial score (nSPS) is 21.5. The summed E-state index contributed by atoms with van der Waals surface area (Å²) in [6.45, 7) is 7.02. The quantitative estimate of drug-likeness (QED) is 0.759. The van der Waals surface area contributed by atoms with Crippen LogP contribution in [0.5, 0.6) is 0 Å². The Balaban J connectivity index is 2.25. The summed E-state index contributed by atoms with van der Waals surface area (Å²) < 4.78 is 5.16. The van der Waals surface area contributed by atoms with Gasteiger partial charge in [-0.1, -0.05) is 18.2 Å². The Morgan fingerprint density at radius 2 is 2.14 bits per heavy atom. The van der Waals surface area contributed by atoms with E-state index in [4.69, 9.17) is 4.74 Å². The predicted octanol–water partition coefficient (Wildman–Crippen LogP) is 3.31. The van der Waals surface area contributed by atoms with Gasteiger partial charge in [-0.25, -0.2) is 0 Å². The molecule has 1 aromatic carbocycles. The lowest BCUT2D eigenvalue weighted by molar-refractivity contribution is -0.0439. The van der Waals surface area contributed by atoms with E-state index in [1.54, 1.807) is 7.11 Å². The lowest BCUT2D eigenvalue weighted by Crippen LogP contribution is -2.44. The molecule has 1 fully saturated rings. The highest BCUT2D eigenvalue weighted by atomic mass is 16.5. The highest BCUT2D eigenvalue weighted by molar-refractivity contribution is 5.37. The molecule has 1 aliphatic rings. The van der Waals surface area contributed by atoms with Crippen LogP contribution in [0.25, 0.3) is 0 Å². The second kappa shape index (κ2) is 8.09. The molecule has 1 aromatic rings. The molecule has 1 saturated heterocycles. The maximum Gasteiger partial charge on any atom is 0.0939 e. The van der Waals surface area contributed by atoms with Gasteiger partial charge in [-0.3, -0.25) is 0 Å². The summed E-state index contributed by atoms with van der Waals surface area (Å²) in [5.41, 5.74) is 2.90. The lowest BCUT2D eigenvalue weighted by Gasteiger charge is -2.40. The highest BCUT2D eigenvalue weighted by Crippen LogP contribution is 2.40. The molecule has 3 nitrogen and oxygen atoms in total. The van der Waals surface area contributed by atoms with Gasteiger partial charge in [0, 0.05) is 26.2 Å². The molecule has 0 radical (unpaired) electrons. The van der Waals surface area contributed by atoms with Crippen LogP contribution < -0.4 is 5.32 Å². The van der Waals surface area contributed by atoms with Crippen molar-refractivity contribution in [1.82, 2.24) is 5.32 Å². The van der Waals surface area contributed by atoms with Crippen LogP contribution in [-0.4, -0.2) is 31.9 Å². The first-order chi connectivity index (χ1) is 10.6. The van der Waals surface area contributed by atoms with Crippen LogP contribution in [0.1, 0.15) is 48.8 Å². The van der Waals surface area contributed by atoms with Gasteiger partial charge >= 0.3 is 0 Å². The van der Waals surface area contributed by atoms with E-state index in [2.05, 4.69) is 37.4 Å². The van der Waals surface area contributed by atoms with Gasteiger partial charge < -0.3 is 15.2 Å². The van der Waals surface area contributed by atoms with Crippen LogP contribution in [0.4, 0.5) is 0 Å². The Morgan fingerprint density at radius 3 is 2.82 bits per heavy atom. The van der Waals surface area contributed by atoms with Crippen LogP contribution >= 0.6 is 0 Å². The van der Waals surface area contributed by atoms with E-state index in [1.165, 1.54) is 11.1 Å². The summed E-state index contributed by atoms with van der Waals surface area (Å²) in [6, 6.07) is 6.32. The van der Waals surface area contributed by atoms with Gasteiger partial charge in [0.05, 0.1) is 5.60 Å². The van der Waals surface area contributed by atoms with Gasteiger partial charge in [-0.15, -0.1) is 0 Å². The molecule has 1 unspecified atom stereocenters. The van der Waals surface area contributed by atoms with Crippen LogP contribution in [0, 0.1) is 19.8 Å². The van der Waals surface area contributed by atoms with Crippen molar-refractivity contribution >= 4 is 0 Å². The van der Waals surface area contributed by atoms with Crippen LogP contribution in [0.15, 0.2) is 18.2 Å². The summed E-state index contributed by atoms with van der Waals surface area (Å²) in [4.78, 5) is 0. The maximum atomic E-state index is 11.6. The van der Waals surface area contributed by atoms with Crippen molar-refractivity contribution in [3.8, 4) is 0 Å². The number of ether oxygens (including phenoxy) is 1. The van der Waals surface area contributed by atoms with E-state index in [9.17, 15) is 5.11 Å². The highest BCUT2D eigenvalue weighted by Gasteiger charge is 2.39. The van der Waals surface area contributed by atoms with Crippen molar-refractivity contribution in [2.75, 3.05) is 26.8 Å². The van der Waals surface area contributed by atoms with Crippen LogP contribution in [0.3, 0.4) is 0 Å². The summed E-state index contributed by atoms with van der Waals surface area (Å²) in [7, 11) is 1.74. The molecule has 1 heterocycles. The fourth-order valence-electron chi connectivity index (χ4n) is 3.68. The third kappa shape index (κ3) is 3.89. The smallest absolute Gasteiger partial charge is 0.0939 e. The van der Waals surface area contributed by atoms with E-state index < -0.39 is 5.60 Å². The minimum atomic E-state index is -0.725. The number of methoxy groups -OCH3 is 1. The maximum absolute atomic E-state index is 11.6. The van der Waals surface area contributed by atoms with E-state index in [0.717, 1.165) is 57.4 Å². The minimum Gasteiger partial charge on any atom is -0.385 e. The van der Waals surface area contributed by atoms with E-state index in [-0.39, 0.29) is 0 Å². The Bertz CT molecular complexity index is 469. The second-order valence-electron chi connectivity index (χ2n) is 6.66. The van der Waals surface area contributed by atoms with Crippen molar-refractivity contribution in [3.05, 3.63) is 34.9 Å². The largest absolute Gasteiger partial charge is 0.385 e. The first kappa shape index (κ1) is 17.5. The number of rotatable bonds is 7. The number of piperidine rings is 1. The summed E-state index contributed by atoms with van der Waals surface area (Å²) in [5, 5.41) is 15.1. The zero-order valence-corrected chi connectivity index (χ0v) is 14.3. The SMILES string of the molecule is COCCCC[C@@](O)(c1cccc(C)c1C)C1CCCNC1. The van der Waals surface area contributed by atoms with Gasteiger partial charge in [0.25, 0.3) is 0 Å². The molecule has 2 N–H and O–H groups in total. The van der Waals surface area contributed by atoms with Gasteiger partial charge in [0.15, 0.2) is 0 Å². The summed E-state index contributed by atoms with van der Waals surface area (Å²) in [6.07, 6.45) is 5.06. The standard InChI is InChI=1S/C19H31NO2/c1-15-8-6-10-18(16(15)2)19(21,11-4-5-13-22-3)17-9-7-12-20-14-17/h6,8,10,17,20-21H,4-5,7,9,11-14H2,1-3H3/t17?,19-/m0/s1. The van der Waals surface area contributed by atoms with Gasteiger partial charge in [-0.05, 0) is 69.2 Å². The molecule has 1 aliphatic heterocycles. The molecule has 0 aliphatic carbocycles. The molecule has 0 aromatic heterocycles. The number of hydrogen-bond acceptors (Lipinski definition) is 3. The molecule has 2 atom stereocenters. The van der Waals surface area contributed by atoms with E-state index >= 15 is 0 Å². The van der Waals surface area contributed by atoms with E-state index in [0.29, 0.717) is 5.92 Å². The van der Waals surface area contributed by atoms with E-state index in [1.807, 2.05) is 0 Å². The number of hydrogen-bond donors (Lipinski definition) is 2. The molecule has 0 saturated carbocycles. The first-order valence-corrected chi connectivity index (χ1v) is 8.58. The summed E-state index contributed by atoms with van der Waals surface area (Å²) >= 11 is 0. The third-order valence-corrected chi connectivity index (χ3v) is 5.20. The zero-order chi connectivity index (χ0) is 16.0. The fourth-order valence-corrected chi connectivity index (χ4v) is 3.68. The van der Waals surface area contributed by atoms with Gasteiger partial charge in [0.1, 0.15) is 0 Å². The molecular weight excluding hydrogens is 274 g/mol. The molecule has 3 heteroatoms. The van der Waals surface area contributed by atoms with Gasteiger partial charge in [-0.2, -0.15) is 0 Å². The Morgan fingerprint density at radius 1 is 1.32 bits per heavy atom. The van der Waals surface area contributed by atoms with Gasteiger partial charge in [0.2, 0.25) is 0 Å².